The molecule has 3 rings (SSSR count). The first-order valence-corrected chi connectivity index (χ1v) is 7.18. The van der Waals surface area contributed by atoms with Crippen molar-refractivity contribution >= 4 is 5.91 Å². The Hall–Kier alpha value is -1.43. The molecule has 2 heterocycles. The summed E-state index contributed by atoms with van der Waals surface area (Å²) in [6.07, 6.45) is 7.09. The van der Waals surface area contributed by atoms with Crippen LogP contribution in [0.15, 0.2) is 4.52 Å². The van der Waals surface area contributed by atoms with E-state index in [0.717, 1.165) is 31.7 Å². The molecule has 1 aliphatic heterocycles. The number of hydrogen-bond acceptors (Lipinski definition) is 5. The zero-order valence-corrected chi connectivity index (χ0v) is 11.0. The minimum absolute atomic E-state index is 0.115. The average molecular weight is 264 g/mol. The van der Waals surface area contributed by atoms with Gasteiger partial charge in [0.1, 0.15) is 0 Å². The van der Waals surface area contributed by atoms with Crippen LogP contribution in [0.3, 0.4) is 0 Å². The van der Waals surface area contributed by atoms with Gasteiger partial charge < -0.3 is 15.2 Å². The maximum Gasteiger partial charge on any atom is 0.292 e. The molecule has 2 fully saturated rings. The van der Waals surface area contributed by atoms with E-state index in [4.69, 9.17) is 4.52 Å². The Morgan fingerprint density at radius 2 is 2.26 bits per heavy atom. The Morgan fingerprint density at radius 1 is 1.37 bits per heavy atom. The topological polar surface area (TPSA) is 80.0 Å². The highest BCUT2D eigenvalue weighted by molar-refractivity contribution is 5.90. The van der Waals surface area contributed by atoms with Crippen LogP contribution < -0.4 is 10.6 Å². The molecule has 6 nitrogen and oxygen atoms in total. The van der Waals surface area contributed by atoms with Crippen LogP contribution in [-0.2, 0) is 0 Å². The highest BCUT2D eigenvalue weighted by Crippen LogP contribution is 2.28. The minimum Gasteiger partial charge on any atom is -0.349 e. The number of nitrogens with one attached hydrogen (secondary N) is 2. The van der Waals surface area contributed by atoms with Crippen molar-refractivity contribution in [1.82, 2.24) is 20.8 Å². The number of rotatable bonds is 5. The monoisotopic (exact) mass is 264 g/mol. The van der Waals surface area contributed by atoms with Gasteiger partial charge in [0.25, 0.3) is 11.7 Å². The van der Waals surface area contributed by atoms with E-state index in [1.54, 1.807) is 0 Å². The largest absolute Gasteiger partial charge is 0.349 e. The third kappa shape index (κ3) is 2.94. The van der Waals surface area contributed by atoms with E-state index in [-0.39, 0.29) is 17.8 Å². The first-order chi connectivity index (χ1) is 9.33. The predicted octanol–water partition coefficient (Wildman–Crippen LogP) is 1.41. The van der Waals surface area contributed by atoms with Crippen molar-refractivity contribution in [3.05, 3.63) is 11.7 Å². The number of aromatic nitrogens is 2. The molecular formula is C13H20N4O2. The summed E-state index contributed by atoms with van der Waals surface area (Å²) < 4.78 is 5.15. The molecule has 1 saturated carbocycles. The van der Waals surface area contributed by atoms with Crippen molar-refractivity contribution < 1.29 is 9.32 Å². The number of amides is 1. The first-order valence-electron chi connectivity index (χ1n) is 7.18. The fraction of sp³-hybridized carbons (Fsp3) is 0.769. The van der Waals surface area contributed by atoms with Gasteiger partial charge in [0, 0.05) is 6.54 Å². The molecule has 6 heteroatoms. The van der Waals surface area contributed by atoms with E-state index < -0.39 is 0 Å². The van der Waals surface area contributed by atoms with Crippen LogP contribution in [0.25, 0.3) is 0 Å². The molecule has 19 heavy (non-hydrogen) atoms. The zero-order valence-electron chi connectivity index (χ0n) is 11.0. The molecule has 0 bridgehead atoms. The lowest BCUT2D eigenvalue weighted by atomic mass is 9.83. The van der Waals surface area contributed by atoms with E-state index >= 15 is 0 Å². The summed E-state index contributed by atoms with van der Waals surface area (Å²) in [4.78, 5) is 16.0. The summed E-state index contributed by atoms with van der Waals surface area (Å²) in [5, 5.41) is 9.88. The predicted molar refractivity (Wildman–Crippen MR) is 68.6 cm³/mol. The van der Waals surface area contributed by atoms with E-state index in [1.165, 1.54) is 19.3 Å². The van der Waals surface area contributed by atoms with Crippen molar-refractivity contribution in [2.45, 2.75) is 44.6 Å². The van der Waals surface area contributed by atoms with Crippen molar-refractivity contribution in [3.8, 4) is 0 Å². The van der Waals surface area contributed by atoms with E-state index in [0.29, 0.717) is 12.4 Å². The van der Waals surface area contributed by atoms with Crippen LogP contribution in [0.4, 0.5) is 0 Å². The van der Waals surface area contributed by atoms with Gasteiger partial charge in [0.2, 0.25) is 5.89 Å². The Kier molecular flexibility index (Phi) is 3.77. The SMILES string of the molecule is O=C(NCCC1CCC1)c1noc(C2CCCN2)n1. The van der Waals surface area contributed by atoms with Crippen LogP contribution in [0, 0.1) is 5.92 Å². The molecular weight excluding hydrogens is 244 g/mol. The molecule has 0 aromatic carbocycles. The molecule has 0 radical (unpaired) electrons. The summed E-state index contributed by atoms with van der Waals surface area (Å²) >= 11 is 0. The van der Waals surface area contributed by atoms with Crippen LogP contribution >= 0.6 is 0 Å². The first kappa shape index (κ1) is 12.6. The van der Waals surface area contributed by atoms with Gasteiger partial charge in [0.15, 0.2) is 0 Å². The number of hydrogen-bond donors (Lipinski definition) is 2. The lowest BCUT2D eigenvalue weighted by Gasteiger charge is -2.24. The Labute approximate surface area is 112 Å². The highest BCUT2D eigenvalue weighted by atomic mass is 16.5. The number of nitrogens with zero attached hydrogens (tertiary/aromatic N) is 2. The normalized spacial score (nSPS) is 23.3. The van der Waals surface area contributed by atoms with E-state index in [2.05, 4.69) is 20.8 Å². The number of carbonyl (C=O) groups is 1. The van der Waals surface area contributed by atoms with Gasteiger partial charge in [-0.05, 0) is 31.7 Å². The van der Waals surface area contributed by atoms with Gasteiger partial charge in [-0.3, -0.25) is 4.79 Å². The number of carbonyl (C=O) groups excluding carboxylic acids is 1. The summed E-state index contributed by atoms with van der Waals surface area (Å²) in [5.74, 6) is 1.25. The van der Waals surface area contributed by atoms with E-state index in [1.807, 2.05) is 0 Å². The Morgan fingerprint density at radius 3 is 2.95 bits per heavy atom. The zero-order chi connectivity index (χ0) is 13.1. The van der Waals surface area contributed by atoms with E-state index in [9.17, 15) is 4.79 Å². The quantitative estimate of drug-likeness (QED) is 0.840. The molecule has 1 aliphatic carbocycles. The standard InChI is InChI=1S/C13H20N4O2/c18-12(15-8-6-9-3-1-4-9)11-16-13(19-17-11)10-5-2-7-14-10/h9-10,14H,1-8H2,(H,15,18). The second kappa shape index (κ2) is 5.69. The van der Waals surface area contributed by atoms with Gasteiger partial charge >= 0.3 is 0 Å². The fourth-order valence-electron chi connectivity index (χ4n) is 2.61. The molecule has 2 N–H and O–H groups in total. The average Bonchev–Trinajstić information content (AvgIpc) is 3.00. The Balaban J connectivity index is 1.48. The molecule has 1 atom stereocenters. The van der Waals surface area contributed by atoms with Crippen molar-refractivity contribution in [3.63, 3.8) is 0 Å². The van der Waals surface area contributed by atoms with Gasteiger partial charge in [0.05, 0.1) is 6.04 Å². The highest BCUT2D eigenvalue weighted by Gasteiger charge is 2.24. The second-order valence-electron chi connectivity index (χ2n) is 5.45. The minimum atomic E-state index is -0.229. The summed E-state index contributed by atoms with van der Waals surface area (Å²) in [7, 11) is 0. The summed E-state index contributed by atoms with van der Waals surface area (Å²) in [6, 6.07) is 0.115. The van der Waals surface area contributed by atoms with Gasteiger partial charge in [-0.25, -0.2) is 0 Å². The van der Waals surface area contributed by atoms with Gasteiger partial charge in [-0.15, -0.1) is 0 Å². The van der Waals surface area contributed by atoms with Gasteiger partial charge in [-0.2, -0.15) is 4.98 Å². The van der Waals surface area contributed by atoms with Crippen LogP contribution in [0.5, 0.6) is 0 Å². The molecule has 104 valence electrons. The van der Waals surface area contributed by atoms with Gasteiger partial charge in [-0.1, -0.05) is 24.4 Å². The lowest BCUT2D eigenvalue weighted by molar-refractivity contribution is 0.0935. The van der Waals surface area contributed by atoms with Crippen molar-refractivity contribution in [1.29, 1.82) is 0 Å². The smallest absolute Gasteiger partial charge is 0.292 e. The summed E-state index contributed by atoms with van der Waals surface area (Å²) in [6.45, 7) is 1.67. The molecule has 0 spiro atoms. The fourth-order valence-corrected chi connectivity index (χ4v) is 2.61. The van der Waals surface area contributed by atoms with Crippen LogP contribution in [0.1, 0.15) is 61.1 Å². The molecule has 1 amide bonds. The van der Waals surface area contributed by atoms with Crippen molar-refractivity contribution in [2.75, 3.05) is 13.1 Å². The van der Waals surface area contributed by atoms with Crippen LogP contribution in [-0.4, -0.2) is 29.1 Å². The Bertz CT molecular complexity index is 436. The summed E-state index contributed by atoms with van der Waals surface area (Å²) in [5.41, 5.74) is 0. The maximum absolute atomic E-state index is 11.8. The lowest BCUT2D eigenvalue weighted by Crippen LogP contribution is -2.28. The third-order valence-electron chi connectivity index (χ3n) is 4.07. The molecule has 2 aliphatic rings. The maximum atomic E-state index is 11.8. The van der Waals surface area contributed by atoms with Crippen LogP contribution in [0.2, 0.25) is 0 Å². The third-order valence-corrected chi connectivity index (χ3v) is 4.07. The molecule has 1 unspecified atom stereocenters. The molecule has 1 saturated heterocycles. The second-order valence-corrected chi connectivity index (χ2v) is 5.45. The molecule has 1 aromatic rings. The molecule has 1 aromatic heterocycles. The van der Waals surface area contributed by atoms with Crippen molar-refractivity contribution in [2.24, 2.45) is 5.92 Å².